The fourth-order valence-corrected chi connectivity index (χ4v) is 2.38. The van der Waals surface area contributed by atoms with E-state index in [-0.39, 0.29) is 0 Å². The zero-order valence-corrected chi connectivity index (χ0v) is 10.6. The van der Waals surface area contributed by atoms with Gasteiger partial charge in [0.25, 0.3) is 0 Å². The molecule has 0 fully saturated rings. The van der Waals surface area contributed by atoms with Crippen LogP contribution in [0.15, 0.2) is 29.2 Å². The topological polar surface area (TPSA) is 58.2 Å². The Hall–Kier alpha value is -1.07. The van der Waals surface area contributed by atoms with Gasteiger partial charge in [-0.25, -0.2) is 13.1 Å². The smallest absolute Gasteiger partial charge is 0.240 e. The number of sulfonamides is 1. The second kappa shape index (κ2) is 5.32. The predicted octanol–water partition coefficient (Wildman–Crippen LogP) is 1.81. The number of rotatable bonds is 5. The molecule has 90 valence electrons. The van der Waals surface area contributed by atoms with Gasteiger partial charge >= 0.3 is 0 Å². The third-order valence-electron chi connectivity index (χ3n) is 1.95. The average Bonchev–Trinajstić information content (AvgIpc) is 2.17. The van der Waals surface area contributed by atoms with Crippen molar-refractivity contribution >= 4 is 15.7 Å². The van der Waals surface area contributed by atoms with Crippen LogP contribution >= 0.6 is 0 Å². The zero-order valence-electron chi connectivity index (χ0n) is 9.82. The fourth-order valence-electron chi connectivity index (χ4n) is 1.34. The summed E-state index contributed by atoms with van der Waals surface area (Å²) in [5.41, 5.74) is 0.922. The molecule has 0 radical (unpaired) electrons. The van der Waals surface area contributed by atoms with E-state index < -0.39 is 10.0 Å². The molecule has 0 aromatic heterocycles. The van der Waals surface area contributed by atoms with Crippen molar-refractivity contribution in [2.75, 3.05) is 11.9 Å². The maximum absolute atomic E-state index is 11.6. The molecule has 5 heteroatoms. The molecule has 1 aromatic carbocycles. The van der Waals surface area contributed by atoms with Crippen molar-refractivity contribution in [3.63, 3.8) is 0 Å². The molecule has 4 nitrogen and oxygen atoms in total. The normalized spacial score (nSPS) is 11.8. The minimum absolute atomic E-state index is 0.295. The van der Waals surface area contributed by atoms with E-state index >= 15 is 0 Å². The summed E-state index contributed by atoms with van der Waals surface area (Å²) in [5.74, 6) is 0. The lowest BCUT2D eigenvalue weighted by molar-refractivity contribution is 0.584. The van der Waals surface area contributed by atoms with E-state index in [9.17, 15) is 8.42 Å². The van der Waals surface area contributed by atoms with Crippen molar-refractivity contribution < 1.29 is 8.42 Å². The van der Waals surface area contributed by atoms with Crippen molar-refractivity contribution in [3.8, 4) is 0 Å². The van der Waals surface area contributed by atoms with E-state index in [0.717, 1.165) is 5.69 Å². The summed E-state index contributed by atoms with van der Waals surface area (Å²) >= 11 is 0. The van der Waals surface area contributed by atoms with E-state index in [1.165, 1.54) is 0 Å². The second-order valence-electron chi connectivity index (χ2n) is 3.82. The van der Waals surface area contributed by atoms with Gasteiger partial charge in [-0.15, -0.1) is 0 Å². The summed E-state index contributed by atoms with van der Waals surface area (Å²) in [7, 11) is -3.33. The van der Waals surface area contributed by atoms with Crippen LogP contribution in [-0.2, 0) is 10.0 Å². The number of hydrogen-bond acceptors (Lipinski definition) is 3. The highest BCUT2D eigenvalue weighted by molar-refractivity contribution is 7.89. The number of nitrogens with one attached hydrogen (secondary N) is 2. The molecule has 0 aliphatic carbocycles. The van der Waals surface area contributed by atoms with Gasteiger partial charge in [0.05, 0.1) is 4.90 Å². The van der Waals surface area contributed by atoms with Crippen molar-refractivity contribution in [2.45, 2.75) is 31.7 Å². The third-order valence-corrected chi connectivity index (χ3v) is 3.52. The molecule has 0 unspecified atom stereocenters. The lowest BCUT2D eigenvalue weighted by atomic mass is 10.3. The highest BCUT2D eigenvalue weighted by atomic mass is 32.2. The zero-order chi connectivity index (χ0) is 12.2. The SMILES string of the molecule is CCNS(=O)(=O)c1ccc(NC(C)C)cc1. The summed E-state index contributed by atoms with van der Waals surface area (Å²) < 4.78 is 25.7. The van der Waals surface area contributed by atoms with E-state index in [1.807, 2.05) is 13.8 Å². The Morgan fingerprint density at radius 1 is 1.19 bits per heavy atom. The molecule has 0 heterocycles. The van der Waals surface area contributed by atoms with Crippen LogP contribution in [0.3, 0.4) is 0 Å². The lowest BCUT2D eigenvalue weighted by Crippen LogP contribution is -2.23. The van der Waals surface area contributed by atoms with Crippen LogP contribution in [0.2, 0.25) is 0 Å². The molecule has 0 aliphatic heterocycles. The first kappa shape index (κ1) is 13.0. The second-order valence-corrected chi connectivity index (χ2v) is 5.59. The number of hydrogen-bond donors (Lipinski definition) is 2. The molecule has 0 saturated carbocycles. The van der Waals surface area contributed by atoms with Crippen LogP contribution in [0, 0.1) is 0 Å². The highest BCUT2D eigenvalue weighted by Gasteiger charge is 2.11. The van der Waals surface area contributed by atoms with Gasteiger partial charge in [-0.2, -0.15) is 0 Å². The van der Waals surface area contributed by atoms with Gasteiger partial charge in [-0.05, 0) is 38.1 Å². The van der Waals surface area contributed by atoms with Crippen LogP contribution in [0.1, 0.15) is 20.8 Å². The minimum atomic E-state index is -3.33. The molecule has 0 amide bonds. The molecule has 16 heavy (non-hydrogen) atoms. The lowest BCUT2D eigenvalue weighted by Gasteiger charge is -2.10. The average molecular weight is 242 g/mol. The first-order chi connectivity index (χ1) is 7.45. The van der Waals surface area contributed by atoms with Crippen LogP contribution in [0.4, 0.5) is 5.69 Å². The Balaban J connectivity index is 2.87. The van der Waals surface area contributed by atoms with Crippen molar-refractivity contribution in [3.05, 3.63) is 24.3 Å². The van der Waals surface area contributed by atoms with Gasteiger partial charge in [0.15, 0.2) is 0 Å². The standard InChI is InChI=1S/C11H18N2O2S/c1-4-12-16(14,15)11-7-5-10(6-8-11)13-9(2)3/h5-9,12-13H,4H2,1-3H3. The number of anilines is 1. The minimum Gasteiger partial charge on any atom is -0.383 e. The Morgan fingerprint density at radius 2 is 1.75 bits per heavy atom. The number of benzene rings is 1. The molecule has 2 N–H and O–H groups in total. The molecule has 0 saturated heterocycles. The van der Waals surface area contributed by atoms with E-state index in [4.69, 9.17) is 0 Å². The maximum Gasteiger partial charge on any atom is 0.240 e. The van der Waals surface area contributed by atoms with Crippen LogP contribution in [-0.4, -0.2) is 21.0 Å². The Labute approximate surface area is 97.1 Å². The third kappa shape index (κ3) is 3.50. The molecule has 0 spiro atoms. The summed E-state index contributed by atoms with van der Waals surface area (Å²) in [6.07, 6.45) is 0. The summed E-state index contributed by atoms with van der Waals surface area (Å²) in [6, 6.07) is 7.07. The summed E-state index contributed by atoms with van der Waals surface area (Å²) in [6.45, 7) is 6.22. The van der Waals surface area contributed by atoms with Crippen LogP contribution in [0.25, 0.3) is 0 Å². The van der Waals surface area contributed by atoms with Crippen molar-refractivity contribution in [2.24, 2.45) is 0 Å². The molecule has 1 rings (SSSR count). The van der Waals surface area contributed by atoms with Crippen LogP contribution in [0.5, 0.6) is 0 Å². The van der Waals surface area contributed by atoms with Gasteiger partial charge in [0.1, 0.15) is 0 Å². The first-order valence-electron chi connectivity index (χ1n) is 5.32. The highest BCUT2D eigenvalue weighted by Crippen LogP contribution is 2.14. The van der Waals surface area contributed by atoms with E-state index in [1.54, 1.807) is 31.2 Å². The summed E-state index contributed by atoms with van der Waals surface area (Å²) in [4.78, 5) is 0.295. The fraction of sp³-hybridized carbons (Fsp3) is 0.455. The van der Waals surface area contributed by atoms with Gasteiger partial charge in [-0.1, -0.05) is 6.92 Å². The molecule has 0 atom stereocenters. The molecule has 0 bridgehead atoms. The molecular weight excluding hydrogens is 224 g/mol. The Kier molecular flexibility index (Phi) is 4.32. The Bertz CT molecular complexity index is 424. The van der Waals surface area contributed by atoms with Crippen molar-refractivity contribution in [1.29, 1.82) is 0 Å². The monoisotopic (exact) mass is 242 g/mol. The van der Waals surface area contributed by atoms with Gasteiger partial charge in [0.2, 0.25) is 10.0 Å². The molecular formula is C11H18N2O2S. The van der Waals surface area contributed by atoms with Crippen LogP contribution < -0.4 is 10.0 Å². The van der Waals surface area contributed by atoms with E-state index in [2.05, 4.69) is 10.0 Å². The summed E-state index contributed by atoms with van der Waals surface area (Å²) in [5, 5.41) is 3.20. The van der Waals surface area contributed by atoms with Gasteiger partial charge in [-0.3, -0.25) is 0 Å². The van der Waals surface area contributed by atoms with E-state index in [0.29, 0.717) is 17.5 Å². The molecule has 1 aromatic rings. The Morgan fingerprint density at radius 3 is 2.19 bits per heavy atom. The van der Waals surface area contributed by atoms with Gasteiger partial charge in [0, 0.05) is 18.3 Å². The quantitative estimate of drug-likeness (QED) is 0.828. The maximum atomic E-state index is 11.6. The van der Waals surface area contributed by atoms with Gasteiger partial charge < -0.3 is 5.32 Å². The largest absolute Gasteiger partial charge is 0.383 e. The predicted molar refractivity (Wildman–Crippen MR) is 66.1 cm³/mol. The van der Waals surface area contributed by atoms with Crippen molar-refractivity contribution in [1.82, 2.24) is 4.72 Å². The molecule has 0 aliphatic rings. The first-order valence-corrected chi connectivity index (χ1v) is 6.80.